The number of carboxylic acids is 1. The topological polar surface area (TPSA) is 64.3 Å². The maximum Gasteiger partial charge on any atom is 0.335 e. The summed E-state index contributed by atoms with van der Waals surface area (Å²) in [5, 5.41) is 13.1. The fraction of sp³-hybridized carbons (Fsp3) is 0.286. The van der Waals surface area contributed by atoms with Gasteiger partial charge in [-0.05, 0) is 44.2 Å². The zero-order valence-corrected chi connectivity index (χ0v) is 11.0. The molecule has 1 heterocycles. The molecule has 0 unspecified atom stereocenters. The molecule has 5 heteroatoms. The Labute approximate surface area is 111 Å². The van der Waals surface area contributed by atoms with Crippen molar-refractivity contribution in [1.82, 2.24) is 9.78 Å². The van der Waals surface area contributed by atoms with Crippen LogP contribution in [-0.4, -0.2) is 27.5 Å². The van der Waals surface area contributed by atoms with Crippen molar-refractivity contribution in [3.8, 4) is 5.75 Å². The summed E-state index contributed by atoms with van der Waals surface area (Å²) >= 11 is 0. The second kappa shape index (κ2) is 5.56. The maximum absolute atomic E-state index is 10.7. The van der Waals surface area contributed by atoms with E-state index in [1.165, 1.54) is 12.1 Å². The molecule has 2 aromatic rings. The SMILES string of the molecule is Cc1cc(C)n(CCOc2ccc(C(=O)O)cc2)n1. The van der Waals surface area contributed by atoms with Gasteiger partial charge >= 0.3 is 5.97 Å². The quantitative estimate of drug-likeness (QED) is 0.895. The second-order valence-corrected chi connectivity index (χ2v) is 4.33. The molecule has 0 aliphatic rings. The van der Waals surface area contributed by atoms with E-state index in [0.717, 1.165) is 11.4 Å². The van der Waals surface area contributed by atoms with Gasteiger partial charge in [-0.2, -0.15) is 5.10 Å². The van der Waals surface area contributed by atoms with Gasteiger partial charge in [0.15, 0.2) is 0 Å². The molecule has 0 radical (unpaired) electrons. The number of aromatic carboxylic acids is 1. The largest absolute Gasteiger partial charge is 0.492 e. The first-order chi connectivity index (χ1) is 9.06. The third kappa shape index (κ3) is 3.34. The van der Waals surface area contributed by atoms with E-state index in [1.807, 2.05) is 24.6 Å². The molecule has 1 N–H and O–H groups in total. The van der Waals surface area contributed by atoms with Crippen molar-refractivity contribution >= 4 is 5.97 Å². The highest BCUT2D eigenvalue weighted by molar-refractivity contribution is 5.87. The standard InChI is InChI=1S/C14H16N2O3/c1-10-9-11(2)16(15-10)7-8-19-13-5-3-12(4-6-13)14(17)18/h3-6,9H,7-8H2,1-2H3,(H,17,18). The van der Waals surface area contributed by atoms with Gasteiger partial charge < -0.3 is 9.84 Å². The fourth-order valence-electron chi connectivity index (χ4n) is 1.85. The Hall–Kier alpha value is -2.30. The molecule has 2 rings (SSSR count). The van der Waals surface area contributed by atoms with E-state index in [9.17, 15) is 4.79 Å². The third-order valence-electron chi connectivity index (χ3n) is 2.78. The normalized spacial score (nSPS) is 10.4. The lowest BCUT2D eigenvalue weighted by Gasteiger charge is -2.07. The molecular weight excluding hydrogens is 244 g/mol. The summed E-state index contributed by atoms with van der Waals surface area (Å²) in [6.07, 6.45) is 0. The van der Waals surface area contributed by atoms with E-state index in [1.54, 1.807) is 12.1 Å². The number of hydrogen-bond donors (Lipinski definition) is 1. The molecule has 0 saturated heterocycles. The van der Waals surface area contributed by atoms with E-state index in [0.29, 0.717) is 18.9 Å². The summed E-state index contributed by atoms with van der Waals surface area (Å²) in [4.78, 5) is 10.7. The van der Waals surface area contributed by atoms with Crippen molar-refractivity contribution in [3.05, 3.63) is 47.3 Å². The van der Waals surface area contributed by atoms with Gasteiger partial charge in [-0.15, -0.1) is 0 Å². The van der Waals surface area contributed by atoms with Crippen LogP contribution in [0.4, 0.5) is 0 Å². The molecule has 0 spiro atoms. The number of aryl methyl sites for hydroxylation is 2. The van der Waals surface area contributed by atoms with Crippen LogP contribution in [-0.2, 0) is 6.54 Å². The molecule has 1 aromatic carbocycles. The third-order valence-corrected chi connectivity index (χ3v) is 2.78. The molecule has 5 nitrogen and oxygen atoms in total. The predicted molar refractivity (Wildman–Crippen MR) is 70.6 cm³/mol. The van der Waals surface area contributed by atoms with E-state index in [4.69, 9.17) is 9.84 Å². The fourth-order valence-corrected chi connectivity index (χ4v) is 1.85. The first-order valence-electron chi connectivity index (χ1n) is 6.03. The summed E-state index contributed by atoms with van der Waals surface area (Å²) in [7, 11) is 0. The Morgan fingerprint density at radius 2 is 2.00 bits per heavy atom. The summed E-state index contributed by atoms with van der Waals surface area (Å²) in [6.45, 7) is 5.12. The van der Waals surface area contributed by atoms with Crippen LogP contribution in [0.1, 0.15) is 21.7 Å². The molecule has 0 bridgehead atoms. The number of carbonyl (C=O) groups is 1. The smallest absolute Gasteiger partial charge is 0.335 e. The minimum absolute atomic E-state index is 0.255. The van der Waals surface area contributed by atoms with Crippen LogP contribution in [0, 0.1) is 13.8 Å². The summed E-state index contributed by atoms with van der Waals surface area (Å²) in [6, 6.07) is 8.39. The van der Waals surface area contributed by atoms with Crippen molar-refractivity contribution in [2.45, 2.75) is 20.4 Å². The van der Waals surface area contributed by atoms with Crippen LogP contribution in [0.25, 0.3) is 0 Å². The lowest BCUT2D eigenvalue weighted by atomic mass is 10.2. The van der Waals surface area contributed by atoms with Gasteiger partial charge in [0.25, 0.3) is 0 Å². The Kier molecular flexibility index (Phi) is 3.85. The Morgan fingerprint density at radius 3 is 2.53 bits per heavy atom. The lowest BCUT2D eigenvalue weighted by Crippen LogP contribution is -2.11. The van der Waals surface area contributed by atoms with Crippen molar-refractivity contribution in [2.24, 2.45) is 0 Å². The van der Waals surface area contributed by atoms with E-state index >= 15 is 0 Å². The molecule has 0 fully saturated rings. The van der Waals surface area contributed by atoms with Crippen molar-refractivity contribution in [3.63, 3.8) is 0 Å². The number of nitrogens with zero attached hydrogens (tertiary/aromatic N) is 2. The van der Waals surface area contributed by atoms with Gasteiger partial charge in [0.05, 0.1) is 17.8 Å². The molecule has 0 aliphatic carbocycles. The molecule has 19 heavy (non-hydrogen) atoms. The maximum atomic E-state index is 10.7. The highest BCUT2D eigenvalue weighted by Gasteiger charge is 2.03. The highest BCUT2D eigenvalue weighted by atomic mass is 16.5. The van der Waals surface area contributed by atoms with E-state index in [-0.39, 0.29) is 5.56 Å². The summed E-state index contributed by atoms with van der Waals surface area (Å²) in [5.41, 5.74) is 2.34. The van der Waals surface area contributed by atoms with Crippen LogP contribution in [0.2, 0.25) is 0 Å². The minimum Gasteiger partial charge on any atom is -0.492 e. The molecule has 1 aromatic heterocycles. The number of hydrogen-bond acceptors (Lipinski definition) is 3. The van der Waals surface area contributed by atoms with Crippen LogP contribution in [0.5, 0.6) is 5.75 Å². The zero-order chi connectivity index (χ0) is 13.8. The molecule has 0 amide bonds. The Bertz CT molecular complexity index is 573. The average molecular weight is 260 g/mol. The van der Waals surface area contributed by atoms with Crippen LogP contribution >= 0.6 is 0 Å². The number of ether oxygens (including phenoxy) is 1. The second-order valence-electron chi connectivity index (χ2n) is 4.33. The molecule has 0 aliphatic heterocycles. The monoisotopic (exact) mass is 260 g/mol. The van der Waals surface area contributed by atoms with E-state index < -0.39 is 5.97 Å². The Morgan fingerprint density at radius 1 is 1.32 bits per heavy atom. The van der Waals surface area contributed by atoms with Gasteiger partial charge in [0.2, 0.25) is 0 Å². The van der Waals surface area contributed by atoms with Crippen molar-refractivity contribution in [2.75, 3.05) is 6.61 Å². The van der Waals surface area contributed by atoms with Crippen LogP contribution in [0.15, 0.2) is 30.3 Å². The van der Waals surface area contributed by atoms with Gasteiger partial charge in [-0.25, -0.2) is 4.79 Å². The van der Waals surface area contributed by atoms with Gasteiger partial charge in [-0.3, -0.25) is 4.68 Å². The van der Waals surface area contributed by atoms with Gasteiger partial charge in [-0.1, -0.05) is 0 Å². The van der Waals surface area contributed by atoms with Gasteiger partial charge in [0.1, 0.15) is 12.4 Å². The number of rotatable bonds is 5. The number of aromatic nitrogens is 2. The predicted octanol–water partition coefficient (Wildman–Crippen LogP) is 2.28. The molecule has 0 saturated carbocycles. The highest BCUT2D eigenvalue weighted by Crippen LogP contribution is 2.12. The van der Waals surface area contributed by atoms with Crippen LogP contribution in [0.3, 0.4) is 0 Å². The lowest BCUT2D eigenvalue weighted by molar-refractivity contribution is 0.0697. The van der Waals surface area contributed by atoms with E-state index in [2.05, 4.69) is 5.10 Å². The van der Waals surface area contributed by atoms with Crippen LogP contribution < -0.4 is 4.74 Å². The number of carboxylic acid groups (broad SMARTS) is 1. The Balaban J connectivity index is 1.89. The van der Waals surface area contributed by atoms with Crippen molar-refractivity contribution < 1.29 is 14.6 Å². The average Bonchev–Trinajstić information content (AvgIpc) is 2.68. The first-order valence-corrected chi connectivity index (χ1v) is 6.03. The zero-order valence-electron chi connectivity index (χ0n) is 11.0. The molecular formula is C14H16N2O3. The summed E-state index contributed by atoms with van der Waals surface area (Å²) < 4.78 is 7.44. The van der Waals surface area contributed by atoms with Gasteiger partial charge in [0, 0.05) is 5.69 Å². The molecule has 100 valence electrons. The molecule has 0 atom stereocenters. The first kappa shape index (κ1) is 13.1. The number of benzene rings is 1. The minimum atomic E-state index is -0.936. The van der Waals surface area contributed by atoms with Crippen molar-refractivity contribution in [1.29, 1.82) is 0 Å². The summed E-state index contributed by atoms with van der Waals surface area (Å²) in [5.74, 6) is -0.277.